The highest BCUT2D eigenvalue weighted by Gasteiger charge is 2.93. The highest BCUT2D eigenvalue weighted by molar-refractivity contribution is 5.15. The van der Waals surface area contributed by atoms with E-state index in [1.807, 2.05) is 0 Å². The first kappa shape index (κ1) is 47.7. The van der Waals surface area contributed by atoms with Crippen molar-refractivity contribution in [3.8, 4) is 0 Å². The zero-order valence-electron chi connectivity index (χ0n) is 27.8. The van der Waals surface area contributed by atoms with Gasteiger partial charge < -0.3 is 14.2 Å². The average Bonchev–Trinajstić information content (AvgIpc) is 2.89. The molecule has 1 unspecified atom stereocenters. The van der Waals surface area contributed by atoms with Gasteiger partial charge in [0, 0.05) is 12.8 Å². The monoisotopic (exact) mass is 762 g/mol. The molecular weight excluding hydrogens is 719 g/mol. The third kappa shape index (κ3) is 10.4. The van der Waals surface area contributed by atoms with Crippen molar-refractivity contribution < 1.29 is 88.8 Å². The van der Waals surface area contributed by atoms with Gasteiger partial charge in [0.25, 0.3) is 5.97 Å². The summed E-state index contributed by atoms with van der Waals surface area (Å²) in [6, 6.07) is 0. The molecule has 20 heteroatoms. The van der Waals surface area contributed by atoms with E-state index in [1.165, 1.54) is 0 Å². The van der Waals surface area contributed by atoms with Gasteiger partial charge in [-0.2, -0.15) is 74.6 Å². The maximum Gasteiger partial charge on any atom is 0.389 e. The molecule has 0 aliphatic rings. The molecule has 0 aromatic carbocycles. The van der Waals surface area contributed by atoms with E-state index in [2.05, 4.69) is 0 Å². The predicted octanol–water partition coefficient (Wildman–Crippen LogP) is 12.1. The van der Waals surface area contributed by atoms with Crippen LogP contribution < -0.4 is 0 Å². The second-order valence-corrected chi connectivity index (χ2v) is 12.5. The number of hydrogen-bond acceptors (Lipinski definition) is 3. The Morgan fingerprint density at radius 3 is 1.14 bits per heavy atom. The van der Waals surface area contributed by atoms with Crippen molar-refractivity contribution in [2.24, 2.45) is 5.92 Å². The van der Waals surface area contributed by atoms with E-state index in [1.54, 1.807) is 6.92 Å². The Bertz CT molecular complexity index is 968. The first-order valence-electron chi connectivity index (χ1n) is 15.4. The maximum absolute atomic E-state index is 16.0. The van der Waals surface area contributed by atoms with Gasteiger partial charge in [0.05, 0.1) is 18.3 Å². The van der Waals surface area contributed by atoms with Crippen molar-refractivity contribution in [2.45, 2.75) is 178 Å². The molecule has 0 fully saturated rings. The number of ether oxygens (including phenoxy) is 3. The zero-order valence-corrected chi connectivity index (χ0v) is 27.8. The maximum atomic E-state index is 16.0. The predicted molar refractivity (Wildman–Crippen MR) is 143 cm³/mol. The van der Waals surface area contributed by atoms with Crippen LogP contribution >= 0.6 is 0 Å². The normalized spacial score (nSPS) is 16.0. The lowest BCUT2D eigenvalue weighted by atomic mass is 9.81. The lowest BCUT2D eigenvalue weighted by Crippen LogP contribution is -2.74. The molecule has 0 N–H and O–H groups in total. The van der Waals surface area contributed by atoms with Crippen molar-refractivity contribution >= 4 is 0 Å². The fourth-order valence-electron chi connectivity index (χ4n) is 4.73. The van der Waals surface area contributed by atoms with Crippen LogP contribution in [0.15, 0.2) is 0 Å². The van der Waals surface area contributed by atoms with Crippen LogP contribution in [0, 0.1) is 5.92 Å². The Balaban J connectivity index is 7.44. The molecule has 296 valence electrons. The fourth-order valence-corrected chi connectivity index (χ4v) is 4.73. The Labute approximate surface area is 273 Å². The summed E-state index contributed by atoms with van der Waals surface area (Å²) in [5, 5.41) is 0. The molecule has 0 saturated heterocycles. The van der Waals surface area contributed by atoms with Crippen LogP contribution in [0.2, 0.25) is 0 Å². The number of rotatable bonds is 23. The minimum absolute atomic E-state index is 0.0663. The number of unbranched alkanes of at least 4 members (excludes halogenated alkanes) is 5. The van der Waals surface area contributed by atoms with Crippen LogP contribution in [0.3, 0.4) is 0 Å². The van der Waals surface area contributed by atoms with Gasteiger partial charge in [-0.15, -0.1) is 0 Å². The number of hydrogen-bond donors (Lipinski definition) is 0. The van der Waals surface area contributed by atoms with Gasteiger partial charge in [-0.1, -0.05) is 45.4 Å². The molecule has 0 aromatic rings. The summed E-state index contributed by atoms with van der Waals surface area (Å²) in [5.41, 5.74) is 0. The fraction of sp³-hybridized carbons (Fsp3) is 1.00. The first-order valence-corrected chi connectivity index (χ1v) is 15.4. The number of alkyl halides is 17. The zero-order chi connectivity index (χ0) is 39.3. The molecule has 1 atom stereocenters. The summed E-state index contributed by atoms with van der Waals surface area (Å²) in [5.74, 6) is -61.5. The van der Waals surface area contributed by atoms with E-state index in [4.69, 9.17) is 14.2 Å². The lowest BCUT2D eigenvalue weighted by Gasteiger charge is -2.49. The smallest absolute Gasteiger partial charge is 0.324 e. The van der Waals surface area contributed by atoms with Crippen LogP contribution in [0.25, 0.3) is 0 Å². The van der Waals surface area contributed by atoms with Gasteiger partial charge in [0.2, 0.25) is 0 Å². The van der Waals surface area contributed by atoms with Crippen LogP contribution in [0.1, 0.15) is 106 Å². The van der Waals surface area contributed by atoms with E-state index in [-0.39, 0.29) is 12.8 Å². The van der Waals surface area contributed by atoms with Crippen molar-refractivity contribution in [3.63, 3.8) is 0 Å². The van der Waals surface area contributed by atoms with E-state index in [0.29, 0.717) is 19.3 Å². The molecule has 0 spiro atoms. The van der Waals surface area contributed by atoms with Gasteiger partial charge in [0.1, 0.15) is 5.92 Å². The Morgan fingerprint density at radius 1 is 0.429 bits per heavy atom. The minimum atomic E-state index is -8.46. The SMILES string of the molecule is CCCCCCCCC(C(OC(C)C)(OC(C)C)OC(C)C)C(F)(F)C(F)(F)C(F)(F)C(F)(F)C(F)(F)C(F)(F)C(F)(F)CCC(F)(F)F. The summed E-state index contributed by atoms with van der Waals surface area (Å²) < 4.78 is 260. The summed E-state index contributed by atoms with van der Waals surface area (Å²) >= 11 is 0. The molecule has 0 heterocycles. The van der Waals surface area contributed by atoms with Crippen molar-refractivity contribution in [2.75, 3.05) is 0 Å². The van der Waals surface area contributed by atoms with Crippen LogP contribution in [-0.4, -0.2) is 71.9 Å². The molecule has 0 radical (unpaired) electrons. The standard InChI is InChI=1S/C29H43F17O3/c1-8-9-10-11-12-13-14-20(24(47-17(2)3,48-18(4)5)49-19(6)7)23(35,36)26(39,40)28(43,44)29(45,46)27(41,42)25(37,38)21(30,31)15-16-22(32,33)34/h17-20H,8-16H2,1-7H3. The van der Waals surface area contributed by atoms with Crippen molar-refractivity contribution in [3.05, 3.63) is 0 Å². The van der Waals surface area contributed by atoms with E-state index >= 15 is 17.6 Å². The van der Waals surface area contributed by atoms with Crippen LogP contribution in [0.4, 0.5) is 74.6 Å². The van der Waals surface area contributed by atoms with Crippen LogP contribution in [0.5, 0.6) is 0 Å². The molecule has 0 aliphatic carbocycles. The topological polar surface area (TPSA) is 27.7 Å². The van der Waals surface area contributed by atoms with E-state index in [0.717, 1.165) is 41.5 Å². The molecule has 49 heavy (non-hydrogen) atoms. The van der Waals surface area contributed by atoms with Gasteiger partial charge in [0.15, 0.2) is 0 Å². The Morgan fingerprint density at radius 2 is 0.776 bits per heavy atom. The Hall–Kier alpha value is -1.31. The third-order valence-corrected chi connectivity index (χ3v) is 7.09. The molecule has 0 amide bonds. The van der Waals surface area contributed by atoms with Gasteiger partial charge in [-0.3, -0.25) is 0 Å². The van der Waals surface area contributed by atoms with E-state index < -0.39 is 104 Å². The van der Waals surface area contributed by atoms with Crippen LogP contribution in [-0.2, 0) is 14.2 Å². The quantitative estimate of drug-likeness (QED) is 0.0589. The Kier molecular flexibility index (Phi) is 16.1. The summed E-state index contributed by atoms with van der Waals surface area (Å²) in [6.07, 6.45) is -16.2. The first-order chi connectivity index (χ1) is 21.6. The number of halogens is 17. The van der Waals surface area contributed by atoms with Gasteiger partial charge in [-0.25, -0.2) is 0 Å². The largest absolute Gasteiger partial charge is 0.389 e. The molecule has 3 nitrogen and oxygen atoms in total. The van der Waals surface area contributed by atoms with Crippen molar-refractivity contribution in [1.82, 2.24) is 0 Å². The molecule has 0 aromatic heterocycles. The highest BCUT2D eigenvalue weighted by atomic mass is 19.4. The lowest BCUT2D eigenvalue weighted by molar-refractivity contribution is -0.482. The van der Waals surface area contributed by atoms with Gasteiger partial charge >= 0.3 is 47.6 Å². The minimum Gasteiger partial charge on any atom is -0.324 e. The third-order valence-electron chi connectivity index (χ3n) is 7.09. The molecule has 0 rings (SSSR count). The average molecular weight is 763 g/mol. The second-order valence-electron chi connectivity index (χ2n) is 12.5. The summed E-state index contributed by atoms with van der Waals surface area (Å²) in [6.45, 7) is 8.40. The molecular formula is C29H43F17O3. The van der Waals surface area contributed by atoms with E-state index in [9.17, 15) is 57.1 Å². The summed E-state index contributed by atoms with van der Waals surface area (Å²) in [7, 11) is 0. The molecule has 0 bridgehead atoms. The highest BCUT2D eigenvalue weighted by Crippen LogP contribution is 2.64. The molecule has 0 aliphatic heterocycles. The van der Waals surface area contributed by atoms with Gasteiger partial charge in [-0.05, 0) is 48.0 Å². The van der Waals surface area contributed by atoms with Crippen molar-refractivity contribution in [1.29, 1.82) is 0 Å². The molecule has 0 saturated carbocycles. The second kappa shape index (κ2) is 16.6. The summed E-state index contributed by atoms with van der Waals surface area (Å²) in [4.78, 5) is 0.